The summed E-state index contributed by atoms with van der Waals surface area (Å²) in [5.41, 5.74) is 3.55. The van der Waals surface area contributed by atoms with Gasteiger partial charge in [-0.1, -0.05) is 54.1 Å². The minimum Gasteiger partial charge on any atom is -0.489 e. The van der Waals surface area contributed by atoms with Crippen molar-refractivity contribution in [1.29, 1.82) is 0 Å². The monoisotopic (exact) mass is 672 g/mol. The highest BCUT2D eigenvalue weighted by molar-refractivity contribution is 6.33. The maximum absolute atomic E-state index is 12.9. The Kier molecular flexibility index (Phi) is 12.2. The zero-order valence-corrected chi connectivity index (χ0v) is 25.7. The van der Waals surface area contributed by atoms with Crippen LogP contribution in [0.4, 0.5) is 35.0 Å². The summed E-state index contributed by atoms with van der Waals surface area (Å²) in [7, 11) is 0. The number of carboxylic acid groups (broad SMARTS) is 1. The van der Waals surface area contributed by atoms with E-state index < -0.39 is 12.1 Å². The Balaban J connectivity index is 0.000000644. The van der Waals surface area contributed by atoms with Crippen LogP contribution in [0.1, 0.15) is 17.5 Å². The van der Waals surface area contributed by atoms with Gasteiger partial charge >= 0.3 is 18.2 Å². The molecule has 4 N–H and O–H groups in total. The summed E-state index contributed by atoms with van der Waals surface area (Å²) in [5, 5.41) is 20.6. The Morgan fingerprint density at radius 2 is 1.53 bits per heavy atom. The van der Waals surface area contributed by atoms with E-state index in [0.717, 1.165) is 43.7 Å². The highest BCUT2D eigenvalue weighted by atomic mass is 35.5. The summed E-state index contributed by atoms with van der Waals surface area (Å²) in [6.07, 6.45) is -2.44. The summed E-state index contributed by atoms with van der Waals surface area (Å²) < 4.78 is 38.9. The molecule has 47 heavy (non-hydrogen) atoms. The number of aromatic nitrogens is 2. The number of rotatable bonds is 8. The van der Waals surface area contributed by atoms with E-state index in [-0.39, 0.29) is 23.2 Å². The van der Waals surface area contributed by atoms with E-state index in [1.54, 1.807) is 30.5 Å². The van der Waals surface area contributed by atoms with Gasteiger partial charge < -0.3 is 30.7 Å². The fourth-order valence-corrected chi connectivity index (χ4v) is 4.68. The van der Waals surface area contributed by atoms with Crippen LogP contribution < -0.4 is 31.1 Å². The van der Waals surface area contributed by atoms with Gasteiger partial charge in [0.1, 0.15) is 17.4 Å². The van der Waals surface area contributed by atoms with Crippen molar-refractivity contribution in [3.8, 4) is 5.75 Å². The standard InChI is InChI=1S/C30H31ClN6O3.C2HF3O2/c31-28-27(36-17-4-15-32-16-18-36)19-33-37(29(28)38)20-22-7-9-24(10-8-22)34-30(39)35-25-11-13-26(14-12-25)40-21-23-5-2-1-3-6-23;3-2(4,5)1(6)7/h1-3,5-14,19,32H,4,15-18,20-21H2,(H2,34,35,39);(H,6,7). The Bertz CT molecular complexity index is 1680. The molecule has 0 radical (unpaired) electrons. The van der Waals surface area contributed by atoms with Gasteiger partial charge in [0, 0.05) is 31.0 Å². The summed E-state index contributed by atoms with van der Waals surface area (Å²) in [6, 6.07) is 24.0. The van der Waals surface area contributed by atoms with E-state index in [1.165, 1.54) is 4.68 Å². The molecule has 0 atom stereocenters. The van der Waals surface area contributed by atoms with E-state index in [0.29, 0.717) is 29.4 Å². The van der Waals surface area contributed by atoms with E-state index in [1.807, 2.05) is 54.6 Å². The Labute approximate surface area is 272 Å². The van der Waals surface area contributed by atoms with Crippen molar-refractivity contribution in [3.05, 3.63) is 112 Å². The second kappa shape index (κ2) is 16.5. The minimum atomic E-state index is -5.08. The summed E-state index contributed by atoms with van der Waals surface area (Å²) in [4.78, 5) is 36.4. The van der Waals surface area contributed by atoms with Crippen LogP contribution in [-0.2, 0) is 17.9 Å². The third-order valence-corrected chi connectivity index (χ3v) is 7.15. The third-order valence-electron chi connectivity index (χ3n) is 6.79. The van der Waals surface area contributed by atoms with Crippen molar-refractivity contribution in [1.82, 2.24) is 15.1 Å². The molecule has 0 saturated carbocycles. The molecule has 0 bridgehead atoms. The minimum absolute atomic E-state index is 0.183. The number of ether oxygens (including phenoxy) is 1. The van der Waals surface area contributed by atoms with Crippen LogP contribution in [0, 0.1) is 0 Å². The first-order valence-corrected chi connectivity index (χ1v) is 14.8. The molecule has 1 saturated heterocycles. The Morgan fingerprint density at radius 1 is 0.915 bits per heavy atom. The van der Waals surface area contributed by atoms with Crippen LogP contribution in [0.5, 0.6) is 5.75 Å². The number of halogens is 4. The first kappa shape index (κ1) is 34.8. The van der Waals surface area contributed by atoms with E-state index >= 15 is 0 Å². The molecule has 4 aromatic rings. The van der Waals surface area contributed by atoms with Crippen LogP contribution in [0.3, 0.4) is 0 Å². The smallest absolute Gasteiger partial charge is 0.489 e. The van der Waals surface area contributed by atoms with Gasteiger partial charge in [-0.2, -0.15) is 18.3 Å². The molecule has 1 aromatic heterocycles. The number of alkyl halides is 3. The molecule has 248 valence electrons. The first-order valence-electron chi connectivity index (χ1n) is 14.4. The fourth-order valence-electron chi connectivity index (χ4n) is 4.41. The molecule has 1 fully saturated rings. The lowest BCUT2D eigenvalue weighted by Gasteiger charge is -2.23. The van der Waals surface area contributed by atoms with Gasteiger partial charge in [-0.3, -0.25) is 4.79 Å². The molecule has 2 heterocycles. The number of hydrogen-bond donors (Lipinski definition) is 4. The number of nitrogens with one attached hydrogen (secondary N) is 3. The highest BCUT2D eigenvalue weighted by Gasteiger charge is 2.38. The molecule has 0 aliphatic carbocycles. The molecular formula is C32H32ClF3N6O5. The lowest BCUT2D eigenvalue weighted by Crippen LogP contribution is -2.32. The molecule has 2 amide bonds. The van der Waals surface area contributed by atoms with Gasteiger partial charge in [-0.15, -0.1) is 0 Å². The second-order valence-corrected chi connectivity index (χ2v) is 10.7. The number of anilines is 3. The number of urea groups is 1. The highest BCUT2D eigenvalue weighted by Crippen LogP contribution is 2.22. The molecular weight excluding hydrogens is 641 g/mol. The quantitative estimate of drug-likeness (QED) is 0.190. The van der Waals surface area contributed by atoms with Crippen LogP contribution >= 0.6 is 11.6 Å². The third kappa shape index (κ3) is 10.8. The lowest BCUT2D eigenvalue weighted by molar-refractivity contribution is -0.192. The van der Waals surface area contributed by atoms with Gasteiger partial charge in [-0.05, 0) is 60.5 Å². The van der Waals surface area contributed by atoms with E-state index in [2.05, 4.69) is 25.9 Å². The Morgan fingerprint density at radius 3 is 2.15 bits per heavy atom. The molecule has 15 heteroatoms. The van der Waals surface area contributed by atoms with Gasteiger partial charge in [0.15, 0.2) is 0 Å². The number of hydrogen-bond acceptors (Lipinski definition) is 7. The van der Waals surface area contributed by atoms with Crippen molar-refractivity contribution in [2.75, 3.05) is 41.7 Å². The lowest BCUT2D eigenvalue weighted by atomic mass is 10.2. The number of amides is 2. The van der Waals surface area contributed by atoms with Crippen molar-refractivity contribution in [2.24, 2.45) is 0 Å². The SMILES string of the molecule is O=C(Nc1ccc(Cn2ncc(N3CCCNCC3)c(Cl)c2=O)cc1)Nc1ccc(OCc2ccccc2)cc1.O=C(O)C(F)(F)F. The van der Waals surface area contributed by atoms with Gasteiger partial charge in [0.25, 0.3) is 5.56 Å². The van der Waals surface area contributed by atoms with Gasteiger partial charge in [0.05, 0.1) is 18.4 Å². The van der Waals surface area contributed by atoms with Crippen molar-refractivity contribution < 1.29 is 32.6 Å². The number of carbonyl (C=O) groups excluding carboxylic acids is 1. The molecule has 11 nitrogen and oxygen atoms in total. The van der Waals surface area contributed by atoms with Crippen molar-refractivity contribution in [2.45, 2.75) is 25.7 Å². The van der Waals surface area contributed by atoms with Crippen LogP contribution in [0.2, 0.25) is 5.02 Å². The van der Waals surface area contributed by atoms with Crippen molar-refractivity contribution >= 4 is 40.7 Å². The summed E-state index contributed by atoms with van der Waals surface area (Å²) in [6.45, 7) is 4.14. The Hall–Kier alpha value is -5.08. The topological polar surface area (TPSA) is 138 Å². The second-order valence-electron chi connectivity index (χ2n) is 10.3. The van der Waals surface area contributed by atoms with E-state index in [9.17, 15) is 22.8 Å². The maximum atomic E-state index is 12.9. The molecule has 0 spiro atoms. The van der Waals surface area contributed by atoms with Crippen LogP contribution in [0.25, 0.3) is 0 Å². The maximum Gasteiger partial charge on any atom is 0.490 e. The zero-order chi connectivity index (χ0) is 33.8. The molecule has 0 unspecified atom stereocenters. The number of carboxylic acids is 1. The predicted octanol–water partition coefficient (Wildman–Crippen LogP) is 5.60. The van der Waals surface area contributed by atoms with Crippen molar-refractivity contribution in [3.63, 3.8) is 0 Å². The predicted molar refractivity (Wildman–Crippen MR) is 172 cm³/mol. The number of carbonyl (C=O) groups is 2. The summed E-state index contributed by atoms with van der Waals surface area (Å²) in [5.74, 6) is -2.04. The number of benzene rings is 3. The largest absolute Gasteiger partial charge is 0.490 e. The first-order chi connectivity index (χ1) is 22.5. The normalized spacial score (nSPS) is 13.1. The van der Waals surface area contributed by atoms with E-state index in [4.69, 9.17) is 26.2 Å². The van der Waals surface area contributed by atoms with Gasteiger partial charge in [0.2, 0.25) is 0 Å². The van der Waals surface area contributed by atoms with Crippen LogP contribution in [0.15, 0.2) is 89.9 Å². The molecule has 1 aliphatic rings. The fraction of sp³-hybridized carbons (Fsp3) is 0.250. The summed E-state index contributed by atoms with van der Waals surface area (Å²) >= 11 is 6.45. The zero-order valence-electron chi connectivity index (χ0n) is 25.0. The molecule has 3 aromatic carbocycles. The number of nitrogens with zero attached hydrogens (tertiary/aromatic N) is 3. The molecule has 5 rings (SSSR count). The average Bonchev–Trinajstić information content (AvgIpc) is 3.34. The van der Waals surface area contributed by atoms with Gasteiger partial charge in [-0.25, -0.2) is 14.3 Å². The average molecular weight is 673 g/mol. The number of aliphatic carboxylic acids is 1. The molecule has 1 aliphatic heterocycles. The van der Waals surface area contributed by atoms with Crippen LogP contribution in [-0.4, -0.2) is 59.2 Å².